The Morgan fingerprint density at radius 2 is 1.80 bits per heavy atom. The van der Waals surface area contributed by atoms with E-state index in [0.29, 0.717) is 17.1 Å². The maximum Gasteiger partial charge on any atom is 0.310 e. The van der Waals surface area contributed by atoms with Crippen molar-refractivity contribution in [1.82, 2.24) is 0 Å². The summed E-state index contributed by atoms with van der Waals surface area (Å²) >= 11 is 17.7. The van der Waals surface area contributed by atoms with Gasteiger partial charge in [0.15, 0.2) is 5.75 Å². The molecule has 132 valence electrons. The van der Waals surface area contributed by atoms with E-state index in [0.717, 1.165) is 0 Å². The summed E-state index contributed by atoms with van der Waals surface area (Å²) in [6, 6.07) is 8.97. The molecule has 0 aliphatic heterocycles. The molecule has 0 radical (unpaired) electrons. The Morgan fingerprint density at radius 3 is 2.52 bits per heavy atom. The third-order valence-corrected chi connectivity index (χ3v) is 4.19. The molecule has 0 atom stereocenters. The lowest BCUT2D eigenvalue weighted by atomic mass is 10.2. The van der Waals surface area contributed by atoms with Crippen LogP contribution in [-0.2, 0) is 4.79 Å². The van der Waals surface area contributed by atoms with Crippen LogP contribution in [-0.4, -0.2) is 17.4 Å². The summed E-state index contributed by atoms with van der Waals surface area (Å²) in [5.41, 5.74) is 0.246. The average Bonchev–Trinajstić information content (AvgIpc) is 2.57. The molecule has 0 aliphatic carbocycles. The van der Waals surface area contributed by atoms with E-state index < -0.39 is 4.92 Å². The maximum absolute atomic E-state index is 11.9. The van der Waals surface area contributed by atoms with Crippen LogP contribution in [0.3, 0.4) is 0 Å². The summed E-state index contributed by atoms with van der Waals surface area (Å²) in [6.45, 7) is 0.160. The number of hydrogen-bond acceptors (Lipinski definition) is 4. The molecule has 1 N–H and O–H groups in total. The molecular formula is C16H13Cl3N2O4. The van der Waals surface area contributed by atoms with Crippen LogP contribution < -0.4 is 10.1 Å². The third kappa shape index (κ3) is 5.49. The average molecular weight is 404 g/mol. The van der Waals surface area contributed by atoms with Crippen LogP contribution in [0.2, 0.25) is 15.1 Å². The first-order valence-electron chi connectivity index (χ1n) is 7.19. The van der Waals surface area contributed by atoms with Crippen molar-refractivity contribution in [2.75, 3.05) is 11.9 Å². The first-order chi connectivity index (χ1) is 11.9. The minimum Gasteiger partial charge on any atom is -0.487 e. The second kappa shape index (κ2) is 8.89. The SMILES string of the molecule is O=C(CCCOc1ccccc1[N+](=O)[O-])Nc1cc(Cl)c(Cl)cc1Cl. The van der Waals surface area contributed by atoms with Gasteiger partial charge in [-0.3, -0.25) is 14.9 Å². The molecule has 9 heteroatoms. The highest BCUT2D eigenvalue weighted by Gasteiger charge is 2.14. The zero-order chi connectivity index (χ0) is 18.4. The van der Waals surface area contributed by atoms with Crippen molar-refractivity contribution in [3.8, 4) is 5.75 Å². The number of ether oxygens (including phenoxy) is 1. The summed E-state index contributed by atoms with van der Waals surface area (Å²) < 4.78 is 5.37. The Balaban J connectivity index is 1.84. The molecule has 0 saturated heterocycles. The lowest BCUT2D eigenvalue weighted by molar-refractivity contribution is -0.385. The number of nitro benzene ring substituents is 1. The number of amides is 1. The summed E-state index contributed by atoms with van der Waals surface area (Å²) in [5, 5.41) is 14.4. The molecule has 2 aromatic rings. The predicted octanol–water partition coefficient (Wildman–Crippen LogP) is 5.35. The highest BCUT2D eigenvalue weighted by Crippen LogP contribution is 2.32. The first-order valence-corrected chi connectivity index (χ1v) is 8.32. The molecule has 2 rings (SSSR count). The number of anilines is 1. The predicted molar refractivity (Wildman–Crippen MR) is 97.9 cm³/mol. The van der Waals surface area contributed by atoms with E-state index in [-0.39, 0.29) is 40.4 Å². The Bertz CT molecular complexity index is 799. The fourth-order valence-electron chi connectivity index (χ4n) is 1.98. The van der Waals surface area contributed by atoms with Crippen molar-refractivity contribution in [2.24, 2.45) is 0 Å². The van der Waals surface area contributed by atoms with Gasteiger partial charge in [-0.1, -0.05) is 46.9 Å². The van der Waals surface area contributed by atoms with Crippen LogP contribution in [0.5, 0.6) is 5.75 Å². The van der Waals surface area contributed by atoms with Crippen molar-refractivity contribution in [3.05, 3.63) is 61.6 Å². The highest BCUT2D eigenvalue weighted by molar-refractivity contribution is 6.44. The Hall–Kier alpha value is -2.02. The second-order valence-corrected chi connectivity index (χ2v) is 6.19. The lowest BCUT2D eigenvalue weighted by Gasteiger charge is -2.09. The molecule has 0 saturated carbocycles. The van der Waals surface area contributed by atoms with Gasteiger partial charge in [0.2, 0.25) is 5.91 Å². The van der Waals surface area contributed by atoms with Crippen LogP contribution in [0.25, 0.3) is 0 Å². The number of carbonyl (C=O) groups is 1. The number of carbonyl (C=O) groups excluding carboxylic acids is 1. The number of hydrogen-bond donors (Lipinski definition) is 1. The third-order valence-electron chi connectivity index (χ3n) is 3.15. The summed E-state index contributed by atoms with van der Waals surface area (Å²) in [4.78, 5) is 22.3. The number of nitrogens with zero attached hydrogens (tertiary/aromatic N) is 1. The van der Waals surface area contributed by atoms with Crippen molar-refractivity contribution in [2.45, 2.75) is 12.8 Å². The van der Waals surface area contributed by atoms with Crippen LogP contribution >= 0.6 is 34.8 Å². The van der Waals surface area contributed by atoms with Gasteiger partial charge < -0.3 is 10.1 Å². The zero-order valence-electron chi connectivity index (χ0n) is 12.8. The van der Waals surface area contributed by atoms with E-state index in [4.69, 9.17) is 39.5 Å². The molecule has 0 heterocycles. The van der Waals surface area contributed by atoms with E-state index >= 15 is 0 Å². The fourth-order valence-corrected chi connectivity index (χ4v) is 2.57. The monoisotopic (exact) mass is 402 g/mol. The number of nitrogens with one attached hydrogen (secondary N) is 1. The van der Waals surface area contributed by atoms with Gasteiger partial charge in [-0.2, -0.15) is 0 Å². The van der Waals surface area contributed by atoms with Gasteiger partial charge in [0.1, 0.15) is 0 Å². The van der Waals surface area contributed by atoms with Crippen LogP contribution in [0.4, 0.5) is 11.4 Å². The minimum absolute atomic E-state index is 0.116. The summed E-state index contributed by atoms with van der Waals surface area (Å²) in [6.07, 6.45) is 0.522. The lowest BCUT2D eigenvalue weighted by Crippen LogP contribution is -2.13. The minimum atomic E-state index is -0.520. The van der Waals surface area contributed by atoms with Crippen LogP contribution in [0.1, 0.15) is 12.8 Å². The van der Waals surface area contributed by atoms with Crippen molar-refractivity contribution < 1.29 is 14.5 Å². The van der Waals surface area contributed by atoms with E-state index in [1.165, 1.54) is 24.3 Å². The molecule has 0 unspecified atom stereocenters. The van der Waals surface area contributed by atoms with Crippen molar-refractivity contribution in [3.63, 3.8) is 0 Å². The topological polar surface area (TPSA) is 81.5 Å². The van der Waals surface area contributed by atoms with Gasteiger partial charge in [0, 0.05) is 12.5 Å². The zero-order valence-corrected chi connectivity index (χ0v) is 15.1. The van der Waals surface area contributed by atoms with Gasteiger partial charge in [-0.25, -0.2) is 0 Å². The highest BCUT2D eigenvalue weighted by atomic mass is 35.5. The number of nitro groups is 1. The van der Waals surface area contributed by atoms with Crippen LogP contribution in [0, 0.1) is 10.1 Å². The van der Waals surface area contributed by atoms with Gasteiger partial charge >= 0.3 is 5.69 Å². The van der Waals surface area contributed by atoms with Gasteiger partial charge in [0.05, 0.1) is 32.3 Å². The maximum atomic E-state index is 11.9. The molecule has 0 spiro atoms. The van der Waals surface area contributed by atoms with E-state index in [9.17, 15) is 14.9 Å². The van der Waals surface area contributed by atoms with Crippen LogP contribution in [0.15, 0.2) is 36.4 Å². The largest absolute Gasteiger partial charge is 0.487 e. The molecular weight excluding hydrogens is 391 g/mol. The number of halogens is 3. The Morgan fingerprint density at radius 1 is 1.12 bits per heavy atom. The van der Waals surface area contributed by atoms with Crippen molar-refractivity contribution in [1.29, 1.82) is 0 Å². The molecule has 6 nitrogen and oxygen atoms in total. The first kappa shape index (κ1) is 19.3. The standard InChI is InChI=1S/C16H13Cl3N2O4/c17-10-8-12(19)13(9-11(10)18)20-16(22)6-3-7-25-15-5-2-1-4-14(15)21(23)24/h1-2,4-5,8-9H,3,6-7H2,(H,20,22). The number of benzene rings is 2. The normalized spacial score (nSPS) is 10.4. The molecule has 0 fully saturated rings. The van der Waals surface area contributed by atoms with E-state index in [1.54, 1.807) is 12.1 Å². The molecule has 0 aromatic heterocycles. The number of rotatable bonds is 7. The Labute approximate surface area is 158 Å². The quantitative estimate of drug-likeness (QED) is 0.292. The molecule has 25 heavy (non-hydrogen) atoms. The Kier molecular flexibility index (Phi) is 6.87. The molecule has 0 aliphatic rings. The fraction of sp³-hybridized carbons (Fsp3) is 0.188. The van der Waals surface area contributed by atoms with Gasteiger partial charge in [0.25, 0.3) is 0 Å². The smallest absolute Gasteiger partial charge is 0.310 e. The summed E-state index contributed by atoms with van der Waals surface area (Å²) in [5.74, 6) is -0.119. The van der Waals surface area contributed by atoms with Gasteiger partial charge in [-0.15, -0.1) is 0 Å². The van der Waals surface area contributed by atoms with E-state index in [2.05, 4.69) is 5.32 Å². The molecule has 0 bridgehead atoms. The van der Waals surface area contributed by atoms with Crippen molar-refractivity contribution >= 4 is 52.1 Å². The van der Waals surface area contributed by atoms with E-state index in [1.807, 2.05) is 0 Å². The van der Waals surface area contributed by atoms with Gasteiger partial charge in [-0.05, 0) is 24.6 Å². The molecule has 2 aromatic carbocycles. The second-order valence-electron chi connectivity index (χ2n) is 4.97. The summed E-state index contributed by atoms with van der Waals surface area (Å²) in [7, 11) is 0. The number of para-hydroxylation sites is 2. The molecule has 1 amide bonds.